The van der Waals surface area contributed by atoms with E-state index in [-0.39, 0.29) is 6.10 Å². The molecule has 0 heterocycles. The molecule has 18 heavy (non-hydrogen) atoms. The molecule has 0 unspecified atom stereocenters. The Bertz CT molecular complexity index is 379. The van der Waals surface area contributed by atoms with Crippen LogP contribution in [0.5, 0.6) is 17.2 Å². The highest BCUT2D eigenvalue weighted by molar-refractivity contribution is 5.50. The van der Waals surface area contributed by atoms with Crippen LogP contribution < -0.4 is 19.5 Å². The lowest BCUT2D eigenvalue weighted by atomic mass is 10.1. The monoisotopic (exact) mass is 255 g/mol. The molecule has 0 aliphatic heterocycles. The molecule has 5 nitrogen and oxygen atoms in total. The lowest BCUT2D eigenvalue weighted by Gasteiger charge is -2.15. The minimum atomic E-state index is -0.379. The normalized spacial score (nSPS) is 12.1. The third-order valence-electron chi connectivity index (χ3n) is 2.54. The van der Waals surface area contributed by atoms with E-state index in [4.69, 9.17) is 14.2 Å². The average molecular weight is 255 g/mol. The maximum atomic E-state index is 9.20. The summed E-state index contributed by atoms with van der Waals surface area (Å²) >= 11 is 0. The fourth-order valence-corrected chi connectivity index (χ4v) is 1.65. The molecule has 0 amide bonds. The molecule has 1 atom stereocenters. The van der Waals surface area contributed by atoms with E-state index < -0.39 is 0 Å². The molecule has 0 saturated carbocycles. The maximum absolute atomic E-state index is 9.20. The van der Waals surface area contributed by atoms with Crippen LogP contribution in [0.15, 0.2) is 12.1 Å². The van der Waals surface area contributed by atoms with E-state index in [9.17, 15) is 5.11 Å². The topological polar surface area (TPSA) is 60.0 Å². The van der Waals surface area contributed by atoms with E-state index in [0.29, 0.717) is 24.6 Å². The molecule has 102 valence electrons. The molecule has 0 bridgehead atoms. The van der Waals surface area contributed by atoms with Crippen molar-refractivity contribution in [3.63, 3.8) is 0 Å². The van der Waals surface area contributed by atoms with Crippen LogP contribution in [-0.2, 0) is 6.54 Å². The molecule has 1 rings (SSSR count). The molecule has 1 aromatic carbocycles. The van der Waals surface area contributed by atoms with Gasteiger partial charge >= 0.3 is 0 Å². The Morgan fingerprint density at radius 1 is 1.06 bits per heavy atom. The second-order valence-corrected chi connectivity index (χ2v) is 4.00. The predicted molar refractivity (Wildman–Crippen MR) is 69.5 cm³/mol. The van der Waals surface area contributed by atoms with E-state index in [2.05, 4.69) is 5.32 Å². The van der Waals surface area contributed by atoms with Crippen molar-refractivity contribution in [1.82, 2.24) is 5.32 Å². The first-order valence-electron chi connectivity index (χ1n) is 5.80. The first kappa shape index (κ1) is 14.6. The van der Waals surface area contributed by atoms with Gasteiger partial charge in [0.25, 0.3) is 0 Å². The fourth-order valence-electron chi connectivity index (χ4n) is 1.65. The Hall–Kier alpha value is -1.46. The smallest absolute Gasteiger partial charge is 0.164 e. The van der Waals surface area contributed by atoms with Gasteiger partial charge in [0.1, 0.15) is 5.75 Å². The molecular formula is C13H21NO4. The van der Waals surface area contributed by atoms with E-state index in [1.54, 1.807) is 34.3 Å². The molecule has 1 aromatic rings. The van der Waals surface area contributed by atoms with Crippen molar-refractivity contribution in [2.75, 3.05) is 27.9 Å². The molecule has 0 fully saturated rings. The van der Waals surface area contributed by atoms with Gasteiger partial charge in [-0.15, -0.1) is 0 Å². The zero-order valence-corrected chi connectivity index (χ0v) is 11.3. The summed E-state index contributed by atoms with van der Waals surface area (Å²) in [5, 5.41) is 12.3. The zero-order valence-electron chi connectivity index (χ0n) is 11.3. The van der Waals surface area contributed by atoms with Crippen LogP contribution in [0.25, 0.3) is 0 Å². The highest BCUT2D eigenvalue weighted by Gasteiger charge is 2.11. The van der Waals surface area contributed by atoms with Crippen molar-refractivity contribution < 1.29 is 19.3 Å². The highest BCUT2D eigenvalue weighted by Crippen LogP contribution is 2.34. The second-order valence-electron chi connectivity index (χ2n) is 4.00. The fraction of sp³-hybridized carbons (Fsp3) is 0.538. The summed E-state index contributed by atoms with van der Waals surface area (Å²) in [6, 6.07) is 3.66. The first-order valence-corrected chi connectivity index (χ1v) is 5.80. The van der Waals surface area contributed by atoms with Gasteiger partial charge in [-0.2, -0.15) is 0 Å². The average Bonchev–Trinajstić information content (AvgIpc) is 2.37. The third-order valence-corrected chi connectivity index (χ3v) is 2.54. The van der Waals surface area contributed by atoms with Gasteiger partial charge in [0.15, 0.2) is 11.5 Å². The van der Waals surface area contributed by atoms with Crippen LogP contribution in [0.1, 0.15) is 12.5 Å². The van der Waals surface area contributed by atoms with Crippen molar-refractivity contribution in [1.29, 1.82) is 0 Å². The quantitative estimate of drug-likeness (QED) is 0.766. The molecule has 5 heteroatoms. The second kappa shape index (κ2) is 7.08. The number of benzene rings is 1. The first-order chi connectivity index (χ1) is 8.62. The zero-order chi connectivity index (χ0) is 13.5. The number of aliphatic hydroxyl groups excluding tert-OH is 1. The van der Waals surface area contributed by atoms with Crippen LogP contribution in [0.2, 0.25) is 0 Å². The standard InChI is InChI=1S/C13H21NO4/c1-9(15)7-14-8-10-5-12(17-3)13(18-4)6-11(10)16-2/h5-6,9,14-15H,7-8H2,1-4H3/t9-/m0/s1. The van der Waals surface area contributed by atoms with Gasteiger partial charge in [-0.25, -0.2) is 0 Å². The summed E-state index contributed by atoms with van der Waals surface area (Å²) in [6.45, 7) is 2.85. The Morgan fingerprint density at radius 2 is 1.61 bits per heavy atom. The van der Waals surface area contributed by atoms with Gasteiger partial charge in [-0.05, 0) is 13.0 Å². The summed E-state index contributed by atoms with van der Waals surface area (Å²) in [7, 11) is 4.79. The summed E-state index contributed by atoms with van der Waals surface area (Å²) in [6.07, 6.45) is -0.379. The van der Waals surface area contributed by atoms with E-state index >= 15 is 0 Å². The largest absolute Gasteiger partial charge is 0.496 e. The summed E-state index contributed by atoms with van der Waals surface area (Å²) in [5.41, 5.74) is 0.954. The van der Waals surface area contributed by atoms with Crippen LogP contribution >= 0.6 is 0 Å². The lowest BCUT2D eigenvalue weighted by Crippen LogP contribution is -2.24. The summed E-state index contributed by atoms with van der Waals surface area (Å²) in [5.74, 6) is 2.02. The van der Waals surface area contributed by atoms with Crippen molar-refractivity contribution in [3.05, 3.63) is 17.7 Å². The highest BCUT2D eigenvalue weighted by atomic mass is 16.5. The van der Waals surface area contributed by atoms with E-state index in [1.807, 2.05) is 6.07 Å². The van der Waals surface area contributed by atoms with Gasteiger partial charge in [0, 0.05) is 24.7 Å². The van der Waals surface area contributed by atoms with Gasteiger partial charge in [-0.1, -0.05) is 0 Å². The Labute approximate surface area is 108 Å². The molecule has 0 aliphatic rings. The van der Waals surface area contributed by atoms with Gasteiger partial charge in [0.2, 0.25) is 0 Å². The van der Waals surface area contributed by atoms with Crippen molar-refractivity contribution >= 4 is 0 Å². The number of rotatable bonds is 7. The van der Waals surface area contributed by atoms with Crippen LogP contribution in [0.3, 0.4) is 0 Å². The molecule has 0 spiro atoms. The van der Waals surface area contributed by atoms with Crippen LogP contribution in [-0.4, -0.2) is 39.1 Å². The predicted octanol–water partition coefficient (Wildman–Crippen LogP) is 1.18. The molecule has 0 aliphatic carbocycles. The van der Waals surface area contributed by atoms with Crippen molar-refractivity contribution in [2.24, 2.45) is 0 Å². The van der Waals surface area contributed by atoms with Gasteiger partial charge < -0.3 is 24.6 Å². The van der Waals surface area contributed by atoms with E-state index in [0.717, 1.165) is 11.3 Å². The van der Waals surface area contributed by atoms with Gasteiger partial charge in [-0.3, -0.25) is 0 Å². The minimum Gasteiger partial charge on any atom is -0.496 e. The Kier molecular flexibility index (Phi) is 5.74. The van der Waals surface area contributed by atoms with Crippen molar-refractivity contribution in [3.8, 4) is 17.2 Å². The molecule has 0 radical (unpaired) electrons. The van der Waals surface area contributed by atoms with Gasteiger partial charge in [0.05, 0.1) is 27.4 Å². The number of aliphatic hydroxyl groups is 1. The SMILES string of the molecule is COc1cc(OC)c(OC)cc1CNC[C@H](C)O. The molecule has 0 aromatic heterocycles. The number of hydrogen-bond donors (Lipinski definition) is 2. The number of methoxy groups -OCH3 is 3. The number of hydrogen-bond acceptors (Lipinski definition) is 5. The van der Waals surface area contributed by atoms with Crippen molar-refractivity contribution in [2.45, 2.75) is 19.6 Å². The van der Waals surface area contributed by atoms with Crippen LogP contribution in [0.4, 0.5) is 0 Å². The minimum absolute atomic E-state index is 0.379. The van der Waals surface area contributed by atoms with Crippen LogP contribution in [0, 0.1) is 0 Å². The number of nitrogens with one attached hydrogen (secondary N) is 1. The number of ether oxygens (including phenoxy) is 3. The maximum Gasteiger partial charge on any atom is 0.164 e. The summed E-state index contributed by atoms with van der Waals surface area (Å²) < 4.78 is 15.8. The molecule has 2 N–H and O–H groups in total. The Balaban J connectivity index is 2.87. The Morgan fingerprint density at radius 3 is 2.11 bits per heavy atom. The molecular weight excluding hydrogens is 234 g/mol. The molecule has 0 saturated heterocycles. The third kappa shape index (κ3) is 3.78. The van der Waals surface area contributed by atoms with E-state index in [1.165, 1.54) is 0 Å². The summed E-state index contributed by atoms with van der Waals surface area (Å²) in [4.78, 5) is 0. The lowest BCUT2D eigenvalue weighted by molar-refractivity contribution is 0.191.